The number of anilines is 3. The van der Waals surface area contributed by atoms with Crippen molar-refractivity contribution in [3.05, 3.63) is 42.3 Å². The summed E-state index contributed by atoms with van der Waals surface area (Å²) in [5.74, 6) is 2.38. The molecule has 2 fully saturated rings. The summed E-state index contributed by atoms with van der Waals surface area (Å²) in [6.07, 6.45) is 4.38. The largest absolute Gasteiger partial charge is 0.368 e. The van der Waals surface area contributed by atoms with E-state index in [0.717, 1.165) is 56.7 Å². The van der Waals surface area contributed by atoms with Crippen LogP contribution in [0.25, 0.3) is 0 Å². The lowest BCUT2D eigenvalue weighted by atomic mass is 10.0. The molecule has 2 aliphatic heterocycles. The molecule has 0 amide bonds. The van der Waals surface area contributed by atoms with Crippen LogP contribution in [-0.4, -0.2) is 49.2 Å². The molecule has 2 aromatic rings. The Hall–Kier alpha value is -2.37. The van der Waals surface area contributed by atoms with E-state index in [0.29, 0.717) is 5.92 Å². The van der Waals surface area contributed by atoms with Gasteiger partial charge in [-0.05, 0) is 49.1 Å². The third-order valence-electron chi connectivity index (χ3n) is 5.36. The van der Waals surface area contributed by atoms with Crippen LogP contribution >= 0.6 is 0 Å². The normalized spacial score (nSPS) is 21.2. The fraction of sp³-hybridized carbons (Fsp3) is 0.500. The van der Waals surface area contributed by atoms with E-state index in [-0.39, 0.29) is 5.82 Å². The van der Waals surface area contributed by atoms with Gasteiger partial charge < -0.3 is 14.7 Å². The Labute approximate surface area is 154 Å². The second-order valence-corrected chi connectivity index (χ2v) is 7.36. The molecule has 1 aromatic carbocycles. The summed E-state index contributed by atoms with van der Waals surface area (Å²) in [4.78, 5) is 16.3. The molecule has 0 aliphatic carbocycles. The predicted octanol–water partition coefficient (Wildman–Crippen LogP) is 3.18. The minimum Gasteiger partial charge on any atom is -0.368 e. The minimum absolute atomic E-state index is 0.187. The summed E-state index contributed by atoms with van der Waals surface area (Å²) >= 11 is 0. The zero-order chi connectivity index (χ0) is 17.9. The van der Waals surface area contributed by atoms with E-state index >= 15 is 0 Å². The lowest BCUT2D eigenvalue weighted by molar-refractivity contribution is 0.442. The molecule has 4 rings (SSSR count). The van der Waals surface area contributed by atoms with Gasteiger partial charge in [-0.3, -0.25) is 0 Å². The van der Waals surface area contributed by atoms with Crippen molar-refractivity contribution >= 4 is 17.5 Å². The molecule has 1 aromatic heterocycles. The van der Waals surface area contributed by atoms with E-state index in [1.807, 2.05) is 24.4 Å². The fourth-order valence-electron chi connectivity index (χ4n) is 3.88. The lowest BCUT2D eigenvalue weighted by Crippen LogP contribution is -2.47. The molecule has 5 nitrogen and oxygen atoms in total. The van der Waals surface area contributed by atoms with Gasteiger partial charge in [-0.2, -0.15) is 4.98 Å². The molecule has 3 heterocycles. The van der Waals surface area contributed by atoms with Crippen LogP contribution in [0.4, 0.5) is 21.8 Å². The summed E-state index contributed by atoms with van der Waals surface area (Å²) in [5, 5.41) is 0. The molecular formula is C20H26FN5. The molecule has 138 valence electrons. The number of piperazine rings is 1. The molecule has 6 heteroatoms. The van der Waals surface area contributed by atoms with Gasteiger partial charge in [-0.15, -0.1) is 0 Å². The van der Waals surface area contributed by atoms with Gasteiger partial charge in [0.15, 0.2) is 0 Å². The maximum Gasteiger partial charge on any atom is 0.227 e. The SMILES string of the molecule is CC1CCCN(c2nccc(N3CCN(c4ccc(F)cc4)CC3)n2)C1. The van der Waals surface area contributed by atoms with Gasteiger partial charge in [0.05, 0.1) is 0 Å². The Bertz CT molecular complexity index is 727. The number of benzene rings is 1. The number of halogens is 1. The highest BCUT2D eigenvalue weighted by atomic mass is 19.1. The highest BCUT2D eigenvalue weighted by Gasteiger charge is 2.22. The average molecular weight is 355 g/mol. The minimum atomic E-state index is -0.187. The molecule has 2 saturated heterocycles. The zero-order valence-electron chi connectivity index (χ0n) is 15.3. The van der Waals surface area contributed by atoms with Crippen LogP contribution in [-0.2, 0) is 0 Å². The van der Waals surface area contributed by atoms with Crippen LogP contribution in [0.1, 0.15) is 19.8 Å². The molecule has 1 atom stereocenters. The average Bonchev–Trinajstić information content (AvgIpc) is 2.69. The molecular weight excluding hydrogens is 329 g/mol. The maximum absolute atomic E-state index is 13.1. The number of hydrogen-bond acceptors (Lipinski definition) is 5. The fourth-order valence-corrected chi connectivity index (χ4v) is 3.88. The van der Waals surface area contributed by atoms with Crippen LogP contribution in [0.3, 0.4) is 0 Å². The topological polar surface area (TPSA) is 35.5 Å². The van der Waals surface area contributed by atoms with Crippen molar-refractivity contribution in [2.24, 2.45) is 5.92 Å². The smallest absolute Gasteiger partial charge is 0.227 e. The van der Waals surface area contributed by atoms with Gasteiger partial charge in [0, 0.05) is 51.2 Å². The number of aromatic nitrogens is 2. The van der Waals surface area contributed by atoms with Crippen molar-refractivity contribution < 1.29 is 4.39 Å². The van der Waals surface area contributed by atoms with Crippen molar-refractivity contribution in [1.29, 1.82) is 0 Å². The first-order valence-corrected chi connectivity index (χ1v) is 9.52. The first kappa shape index (κ1) is 17.1. The summed E-state index contributed by atoms with van der Waals surface area (Å²) in [7, 11) is 0. The van der Waals surface area contributed by atoms with Crippen LogP contribution in [0.2, 0.25) is 0 Å². The highest BCUT2D eigenvalue weighted by Crippen LogP contribution is 2.23. The second-order valence-electron chi connectivity index (χ2n) is 7.36. The summed E-state index contributed by atoms with van der Waals surface area (Å²) in [6.45, 7) is 8.02. The van der Waals surface area contributed by atoms with Gasteiger partial charge >= 0.3 is 0 Å². The number of rotatable bonds is 3. The van der Waals surface area contributed by atoms with Crippen LogP contribution in [0.5, 0.6) is 0 Å². The van der Waals surface area contributed by atoms with Crippen LogP contribution in [0, 0.1) is 11.7 Å². The van der Waals surface area contributed by atoms with Crippen molar-refractivity contribution in [2.45, 2.75) is 19.8 Å². The van der Waals surface area contributed by atoms with Crippen LogP contribution in [0.15, 0.2) is 36.5 Å². The molecule has 0 spiro atoms. The Morgan fingerprint density at radius 1 is 0.923 bits per heavy atom. The van der Waals surface area contributed by atoms with Crippen molar-refractivity contribution in [3.8, 4) is 0 Å². The third-order valence-corrected chi connectivity index (χ3v) is 5.36. The second kappa shape index (κ2) is 7.48. The van der Waals surface area contributed by atoms with Gasteiger partial charge in [0.25, 0.3) is 0 Å². The van der Waals surface area contributed by atoms with Gasteiger partial charge in [0.1, 0.15) is 11.6 Å². The van der Waals surface area contributed by atoms with Crippen LogP contribution < -0.4 is 14.7 Å². The summed E-state index contributed by atoms with van der Waals surface area (Å²) in [5.41, 5.74) is 1.08. The Morgan fingerprint density at radius 2 is 1.65 bits per heavy atom. The highest BCUT2D eigenvalue weighted by molar-refractivity contribution is 5.50. The monoisotopic (exact) mass is 355 g/mol. The molecule has 0 N–H and O–H groups in total. The standard InChI is InChI=1S/C20H26FN5/c1-16-3-2-10-26(15-16)20-22-9-8-19(23-20)25-13-11-24(12-14-25)18-6-4-17(21)5-7-18/h4-9,16H,2-3,10-15H2,1H3. The first-order chi connectivity index (χ1) is 12.7. The quantitative estimate of drug-likeness (QED) is 0.845. The van der Waals surface area contributed by atoms with E-state index in [1.165, 1.54) is 25.0 Å². The molecule has 2 aliphatic rings. The van der Waals surface area contributed by atoms with E-state index in [2.05, 4.69) is 26.6 Å². The van der Waals surface area contributed by atoms with Crippen molar-refractivity contribution in [3.63, 3.8) is 0 Å². The number of hydrogen-bond donors (Lipinski definition) is 0. The van der Waals surface area contributed by atoms with E-state index < -0.39 is 0 Å². The Morgan fingerprint density at radius 3 is 2.38 bits per heavy atom. The van der Waals surface area contributed by atoms with E-state index in [4.69, 9.17) is 4.98 Å². The molecule has 0 radical (unpaired) electrons. The van der Waals surface area contributed by atoms with Gasteiger partial charge in [-0.1, -0.05) is 6.92 Å². The first-order valence-electron chi connectivity index (χ1n) is 9.52. The number of piperidine rings is 1. The van der Waals surface area contributed by atoms with E-state index in [1.54, 1.807) is 0 Å². The Balaban J connectivity index is 1.41. The maximum atomic E-state index is 13.1. The van der Waals surface area contributed by atoms with Crippen molar-refractivity contribution in [1.82, 2.24) is 9.97 Å². The van der Waals surface area contributed by atoms with Gasteiger partial charge in [0.2, 0.25) is 5.95 Å². The van der Waals surface area contributed by atoms with E-state index in [9.17, 15) is 4.39 Å². The zero-order valence-corrected chi connectivity index (χ0v) is 15.3. The molecule has 0 saturated carbocycles. The molecule has 26 heavy (non-hydrogen) atoms. The Kier molecular flexibility index (Phi) is 4.91. The number of nitrogens with zero attached hydrogens (tertiary/aromatic N) is 5. The summed E-state index contributed by atoms with van der Waals surface area (Å²) in [6, 6.07) is 8.76. The summed E-state index contributed by atoms with van der Waals surface area (Å²) < 4.78 is 13.1. The molecule has 1 unspecified atom stereocenters. The van der Waals surface area contributed by atoms with Gasteiger partial charge in [-0.25, -0.2) is 9.37 Å². The lowest BCUT2D eigenvalue weighted by Gasteiger charge is -2.37. The predicted molar refractivity (Wildman–Crippen MR) is 103 cm³/mol. The third kappa shape index (κ3) is 3.74. The molecule has 0 bridgehead atoms. The van der Waals surface area contributed by atoms with Crippen molar-refractivity contribution in [2.75, 3.05) is 54.0 Å².